The van der Waals surface area contributed by atoms with Crippen LogP contribution < -0.4 is 14.4 Å². The number of halogens is 2. The summed E-state index contributed by atoms with van der Waals surface area (Å²) in [7, 11) is -2.80. The molecule has 0 aliphatic heterocycles. The normalized spacial score (nSPS) is 12.1. The van der Waals surface area contributed by atoms with Gasteiger partial charge in [-0.05, 0) is 61.0 Å². The van der Waals surface area contributed by atoms with Crippen molar-refractivity contribution in [2.24, 2.45) is 0 Å². The Morgan fingerprint density at radius 2 is 1.78 bits per heavy atom. The summed E-state index contributed by atoms with van der Waals surface area (Å²) in [4.78, 5) is 12.7. The fourth-order valence-corrected chi connectivity index (χ4v) is 4.78. The number of carbonyl (C=O) groups is 1. The number of nitrogens with zero attached hydrogens (tertiary/aromatic N) is 1. The van der Waals surface area contributed by atoms with Gasteiger partial charge in [0.1, 0.15) is 18.1 Å². The number of sulfonamides is 1. The molecular weight excluding hydrogens is 455 g/mol. The Bertz CT molecular complexity index is 1200. The molecule has 0 spiro atoms. The third-order valence-electron chi connectivity index (χ3n) is 4.77. The smallest absolute Gasteiger partial charge is 0.264 e. The number of nitrogens with one attached hydrogen (secondary N) is 1. The quantitative estimate of drug-likeness (QED) is 0.517. The molecule has 0 aliphatic rings. The number of methoxy groups -OCH3 is 1. The monoisotopic (exact) mass is 476 g/mol. The summed E-state index contributed by atoms with van der Waals surface area (Å²) in [5, 5.41) is 3.32. The van der Waals surface area contributed by atoms with Crippen LogP contribution in [0, 0.1) is 5.82 Å². The molecule has 0 saturated heterocycles. The van der Waals surface area contributed by atoms with Gasteiger partial charge in [0.2, 0.25) is 5.91 Å². The van der Waals surface area contributed by atoms with Crippen molar-refractivity contribution in [3.63, 3.8) is 0 Å². The number of amides is 1. The molecule has 32 heavy (non-hydrogen) atoms. The zero-order valence-corrected chi connectivity index (χ0v) is 19.0. The van der Waals surface area contributed by atoms with E-state index in [0.29, 0.717) is 5.02 Å². The summed E-state index contributed by atoms with van der Waals surface area (Å²) in [5.41, 5.74) is 0.959. The van der Waals surface area contributed by atoms with E-state index < -0.39 is 34.3 Å². The zero-order valence-electron chi connectivity index (χ0n) is 17.5. The molecule has 3 aromatic rings. The summed E-state index contributed by atoms with van der Waals surface area (Å²) in [6.45, 7) is 1.26. The van der Waals surface area contributed by atoms with Crippen molar-refractivity contribution in [1.82, 2.24) is 5.32 Å². The summed E-state index contributed by atoms with van der Waals surface area (Å²) < 4.78 is 46.4. The minimum atomic E-state index is -4.20. The Kier molecular flexibility index (Phi) is 7.37. The van der Waals surface area contributed by atoms with Crippen molar-refractivity contribution in [1.29, 1.82) is 0 Å². The number of hydrogen-bond acceptors (Lipinski definition) is 4. The van der Waals surface area contributed by atoms with Crippen LogP contribution in [0.25, 0.3) is 0 Å². The average molecular weight is 477 g/mol. The van der Waals surface area contributed by atoms with Gasteiger partial charge in [0, 0.05) is 5.02 Å². The maximum Gasteiger partial charge on any atom is 0.264 e. The third-order valence-corrected chi connectivity index (χ3v) is 6.78. The molecule has 1 atom stereocenters. The van der Waals surface area contributed by atoms with Gasteiger partial charge in [0.15, 0.2) is 0 Å². The Morgan fingerprint density at radius 1 is 1.09 bits per heavy atom. The lowest BCUT2D eigenvalue weighted by molar-refractivity contribution is -0.120. The number of benzene rings is 3. The number of para-hydroxylation sites is 2. The second kappa shape index (κ2) is 10.0. The SMILES string of the molecule is COc1ccccc1N(CC(=O)NC(C)c1cccc(Cl)c1)S(=O)(=O)c1ccc(F)cc1. The number of anilines is 1. The van der Waals surface area contributed by atoms with Crippen molar-refractivity contribution in [3.05, 3.63) is 89.2 Å². The van der Waals surface area contributed by atoms with Crippen LogP contribution in [0.4, 0.5) is 10.1 Å². The van der Waals surface area contributed by atoms with Crippen LogP contribution in [-0.2, 0) is 14.8 Å². The second-order valence-electron chi connectivity index (χ2n) is 6.98. The Labute approximate surface area is 191 Å². The van der Waals surface area contributed by atoms with Crippen molar-refractivity contribution in [2.75, 3.05) is 18.0 Å². The van der Waals surface area contributed by atoms with E-state index in [1.54, 1.807) is 43.3 Å². The maximum absolute atomic E-state index is 13.4. The van der Waals surface area contributed by atoms with Gasteiger partial charge < -0.3 is 10.1 Å². The van der Waals surface area contributed by atoms with Gasteiger partial charge in [0.25, 0.3) is 10.0 Å². The lowest BCUT2D eigenvalue weighted by atomic mass is 10.1. The van der Waals surface area contributed by atoms with Crippen LogP contribution in [0.15, 0.2) is 77.7 Å². The first-order valence-electron chi connectivity index (χ1n) is 9.68. The van der Waals surface area contributed by atoms with Gasteiger partial charge in [0.05, 0.1) is 23.7 Å². The number of hydrogen-bond donors (Lipinski definition) is 1. The van der Waals surface area contributed by atoms with Gasteiger partial charge in [-0.25, -0.2) is 12.8 Å². The standard InChI is InChI=1S/C23H22ClFN2O4S/c1-16(17-6-5-7-18(24)14-17)26-23(28)15-27(21-8-3-4-9-22(21)31-2)32(29,30)20-12-10-19(25)11-13-20/h3-14,16H,15H2,1-2H3,(H,26,28). The molecule has 9 heteroatoms. The summed E-state index contributed by atoms with van der Waals surface area (Å²) >= 11 is 6.02. The van der Waals surface area contributed by atoms with Gasteiger partial charge >= 0.3 is 0 Å². The summed E-state index contributed by atoms with van der Waals surface area (Å²) in [6.07, 6.45) is 0. The van der Waals surface area contributed by atoms with E-state index in [1.807, 2.05) is 6.07 Å². The van der Waals surface area contributed by atoms with Crippen LogP contribution in [0.5, 0.6) is 5.75 Å². The average Bonchev–Trinajstić information content (AvgIpc) is 2.77. The van der Waals surface area contributed by atoms with Gasteiger partial charge in [-0.1, -0.05) is 35.9 Å². The van der Waals surface area contributed by atoms with Crippen molar-refractivity contribution in [3.8, 4) is 5.75 Å². The van der Waals surface area contributed by atoms with E-state index >= 15 is 0 Å². The van der Waals surface area contributed by atoms with Crippen LogP contribution in [0.2, 0.25) is 5.02 Å². The Morgan fingerprint density at radius 3 is 2.44 bits per heavy atom. The highest BCUT2D eigenvalue weighted by Crippen LogP contribution is 2.32. The first-order valence-corrected chi connectivity index (χ1v) is 11.5. The molecule has 0 heterocycles. The minimum absolute atomic E-state index is 0.152. The first kappa shape index (κ1) is 23.6. The fourth-order valence-electron chi connectivity index (χ4n) is 3.15. The highest BCUT2D eigenvalue weighted by Gasteiger charge is 2.29. The highest BCUT2D eigenvalue weighted by molar-refractivity contribution is 7.92. The lowest BCUT2D eigenvalue weighted by Gasteiger charge is -2.26. The zero-order chi connectivity index (χ0) is 23.3. The highest BCUT2D eigenvalue weighted by atomic mass is 35.5. The van der Waals surface area contributed by atoms with Crippen molar-refractivity contribution >= 4 is 33.2 Å². The van der Waals surface area contributed by atoms with E-state index in [2.05, 4.69) is 5.32 Å². The predicted molar refractivity (Wildman–Crippen MR) is 122 cm³/mol. The topological polar surface area (TPSA) is 75.7 Å². The Balaban J connectivity index is 1.94. The van der Waals surface area contributed by atoms with Crippen LogP contribution in [-0.4, -0.2) is 28.0 Å². The molecule has 3 rings (SSSR count). The van der Waals surface area contributed by atoms with Crippen LogP contribution in [0.1, 0.15) is 18.5 Å². The molecule has 1 N–H and O–H groups in total. The number of rotatable bonds is 8. The maximum atomic E-state index is 13.4. The van der Waals surface area contributed by atoms with E-state index in [9.17, 15) is 17.6 Å². The molecular formula is C23H22ClFN2O4S. The largest absolute Gasteiger partial charge is 0.495 e. The lowest BCUT2D eigenvalue weighted by Crippen LogP contribution is -2.41. The molecule has 1 unspecified atom stereocenters. The van der Waals surface area contributed by atoms with E-state index in [-0.39, 0.29) is 16.3 Å². The van der Waals surface area contributed by atoms with E-state index in [4.69, 9.17) is 16.3 Å². The molecule has 0 aliphatic carbocycles. The molecule has 1 amide bonds. The van der Waals surface area contributed by atoms with Crippen molar-refractivity contribution in [2.45, 2.75) is 17.9 Å². The minimum Gasteiger partial charge on any atom is -0.495 e. The molecule has 0 radical (unpaired) electrons. The molecule has 0 saturated carbocycles. The first-order chi connectivity index (χ1) is 15.2. The van der Waals surface area contributed by atoms with E-state index in [0.717, 1.165) is 34.1 Å². The second-order valence-corrected chi connectivity index (χ2v) is 9.28. The number of carbonyl (C=O) groups excluding carboxylic acids is 1. The van der Waals surface area contributed by atoms with Crippen LogP contribution >= 0.6 is 11.6 Å². The molecule has 3 aromatic carbocycles. The summed E-state index contributed by atoms with van der Waals surface area (Å²) in [6, 6.07) is 17.5. The molecule has 6 nitrogen and oxygen atoms in total. The molecule has 0 bridgehead atoms. The van der Waals surface area contributed by atoms with Gasteiger partial charge in [-0.2, -0.15) is 0 Å². The predicted octanol–water partition coefficient (Wildman–Crippen LogP) is 4.56. The molecule has 168 valence electrons. The van der Waals surface area contributed by atoms with E-state index in [1.165, 1.54) is 13.2 Å². The fraction of sp³-hybridized carbons (Fsp3) is 0.174. The summed E-state index contributed by atoms with van der Waals surface area (Å²) in [5.74, 6) is -0.830. The number of ether oxygens (including phenoxy) is 1. The van der Waals surface area contributed by atoms with Gasteiger partial charge in [-0.3, -0.25) is 9.10 Å². The van der Waals surface area contributed by atoms with Crippen LogP contribution in [0.3, 0.4) is 0 Å². The van der Waals surface area contributed by atoms with Gasteiger partial charge in [-0.15, -0.1) is 0 Å². The van der Waals surface area contributed by atoms with Crippen molar-refractivity contribution < 1.29 is 22.3 Å². The molecule has 0 fully saturated rings. The molecule has 0 aromatic heterocycles. The third kappa shape index (κ3) is 5.38. The Hall–Kier alpha value is -3.10.